The van der Waals surface area contributed by atoms with Gasteiger partial charge in [-0.25, -0.2) is 0 Å². The molecule has 0 saturated carbocycles. The summed E-state index contributed by atoms with van der Waals surface area (Å²) in [6.07, 6.45) is 2.87. The lowest BCUT2D eigenvalue weighted by Gasteiger charge is -2.63. The third-order valence-electron chi connectivity index (χ3n) is 6.37. The van der Waals surface area contributed by atoms with Crippen molar-refractivity contribution in [2.75, 3.05) is 32.8 Å². The molecule has 0 radical (unpaired) electrons. The minimum absolute atomic E-state index is 0.351. The third kappa shape index (κ3) is 2.43. The molecule has 0 aromatic heterocycles. The molecular formula is C18H34N4. The average Bonchev–Trinajstić information content (AvgIpc) is 2.35. The number of piperazine rings is 2. The van der Waals surface area contributed by atoms with Crippen molar-refractivity contribution >= 4 is 0 Å². The smallest absolute Gasteiger partial charge is 0.0508 e. The van der Waals surface area contributed by atoms with Crippen molar-refractivity contribution in [3.05, 3.63) is 0 Å². The predicted octanol–water partition coefficient (Wildman–Crippen LogP) is 1.67. The van der Waals surface area contributed by atoms with Crippen LogP contribution in [0.3, 0.4) is 0 Å². The van der Waals surface area contributed by atoms with Gasteiger partial charge in [0.2, 0.25) is 0 Å². The molecule has 4 bridgehead atoms. The van der Waals surface area contributed by atoms with Crippen molar-refractivity contribution in [2.24, 2.45) is 0 Å². The first kappa shape index (κ1) is 15.4. The minimum atomic E-state index is 0.351. The summed E-state index contributed by atoms with van der Waals surface area (Å²) in [5, 5.41) is 0. The van der Waals surface area contributed by atoms with Gasteiger partial charge in [0, 0.05) is 61.9 Å². The maximum absolute atomic E-state index is 2.76. The summed E-state index contributed by atoms with van der Waals surface area (Å²) in [4.78, 5) is 11.0. The molecule has 6 saturated heterocycles. The fourth-order valence-corrected chi connectivity index (χ4v) is 5.88. The fourth-order valence-electron chi connectivity index (χ4n) is 5.88. The van der Waals surface area contributed by atoms with E-state index in [4.69, 9.17) is 0 Å². The van der Waals surface area contributed by atoms with Crippen LogP contribution in [0.15, 0.2) is 0 Å². The second kappa shape index (κ2) is 5.17. The van der Waals surface area contributed by atoms with Crippen molar-refractivity contribution in [1.82, 2.24) is 19.6 Å². The number of nitrogens with zero attached hydrogens (tertiary/aromatic N) is 4. The number of hydrogen-bond acceptors (Lipinski definition) is 4. The summed E-state index contributed by atoms with van der Waals surface area (Å²) < 4.78 is 0. The van der Waals surface area contributed by atoms with Crippen LogP contribution in [-0.4, -0.2) is 88.2 Å². The van der Waals surface area contributed by atoms with Gasteiger partial charge >= 0.3 is 0 Å². The van der Waals surface area contributed by atoms with Crippen molar-refractivity contribution in [3.8, 4) is 0 Å². The Bertz CT molecular complexity index is 405. The molecule has 0 aliphatic carbocycles. The second-order valence-electron chi connectivity index (χ2n) is 9.42. The van der Waals surface area contributed by atoms with Crippen molar-refractivity contribution in [2.45, 2.75) is 83.2 Å². The van der Waals surface area contributed by atoms with Gasteiger partial charge in [0.1, 0.15) is 0 Å². The largest absolute Gasteiger partial charge is 0.292 e. The highest BCUT2D eigenvalue weighted by atomic mass is 15.4. The van der Waals surface area contributed by atoms with E-state index < -0.39 is 0 Å². The van der Waals surface area contributed by atoms with Crippen LogP contribution in [0.25, 0.3) is 0 Å². The molecule has 0 spiro atoms. The van der Waals surface area contributed by atoms with Gasteiger partial charge in [-0.3, -0.25) is 19.6 Å². The fraction of sp³-hybridized carbons (Fsp3) is 1.00. The van der Waals surface area contributed by atoms with Gasteiger partial charge in [-0.1, -0.05) is 0 Å². The van der Waals surface area contributed by atoms with Gasteiger partial charge in [0.15, 0.2) is 0 Å². The summed E-state index contributed by atoms with van der Waals surface area (Å²) in [7, 11) is 0. The zero-order valence-corrected chi connectivity index (χ0v) is 15.1. The normalized spacial score (nSPS) is 40.6. The second-order valence-corrected chi connectivity index (χ2v) is 9.42. The highest BCUT2D eigenvalue weighted by Gasteiger charge is 2.50. The molecule has 4 nitrogen and oxygen atoms in total. The maximum Gasteiger partial charge on any atom is 0.0508 e. The van der Waals surface area contributed by atoms with E-state index in [2.05, 4.69) is 54.2 Å². The predicted molar refractivity (Wildman–Crippen MR) is 91.0 cm³/mol. The molecular weight excluding hydrogens is 272 g/mol. The summed E-state index contributed by atoms with van der Waals surface area (Å²) in [6, 6.07) is 4.03. The Morgan fingerprint density at radius 1 is 0.818 bits per heavy atom. The molecule has 0 amide bonds. The monoisotopic (exact) mass is 306 g/mol. The van der Waals surface area contributed by atoms with Crippen molar-refractivity contribution in [1.29, 1.82) is 0 Å². The number of hydrogen-bond donors (Lipinski definition) is 0. The van der Waals surface area contributed by atoms with Gasteiger partial charge < -0.3 is 0 Å². The molecule has 0 aromatic rings. The molecule has 0 N–H and O–H groups in total. The van der Waals surface area contributed by atoms with Gasteiger partial charge in [-0.15, -0.1) is 0 Å². The van der Waals surface area contributed by atoms with Crippen molar-refractivity contribution in [3.63, 3.8) is 0 Å². The number of rotatable bonds is 3. The summed E-state index contributed by atoms with van der Waals surface area (Å²) in [5.74, 6) is 0. The zero-order chi connectivity index (χ0) is 15.6. The number of piperidine rings is 2. The van der Waals surface area contributed by atoms with Crippen LogP contribution in [-0.2, 0) is 0 Å². The van der Waals surface area contributed by atoms with Crippen LogP contribution >= 0.6 is 0 Å². The first-order valence-electron chi connectivity index (χ1n) is 9.33. The molecule has 4 atom stereocenters. The van der Waals surface area contributed by atoms with E-state index in [1.54, 1.807) is 0 Å². The molecule has 126 valence electrons. The van der Waals surface area contributed by atoms with Gasteiger partial charge in [-0.2, -0.15) is 0 Å². The summed E-state index contributed by atoms with van der Waals surface area (Å²) >= 11 is 0. The maximum atomic E-state index is 2.76. The zero-order valence-electron chi connectivity index (χ0n) is 15.1. The van der Waals surface area contributed by atoms with Crippen LogP contribution in [0.4, 0.5) is 0 Å². The SMILES string of the molecule is CC(C)N1C2CC1CN(CN1CC3CC(C1)N3C(C)(C)C)C2. The van der Waals surface area contributed by atoms with E-state index in [0.717, 1.165) is 30.2 Å². The highest BCUT2D eigenvalue weighted by Crippen LogP contribution is 2.39. The number of fused-ring (bicyclic) bond motifs is 4. The van der Waals surface area contributed by atoms with Crippen LogP contribution in [0.2, 0.25) is 0 Å². The molecule has 6 rings (SSSR count). The molecule has 6 aliphatic heterocycles. The molecule has 4 unspecified atom stereocenters. The Morgan fingerprint density at radius 2 is 1.27 bits per heavy atom. The first-order chi connectivity index (χ1) is 10.3. The van der Waals surface area contributed by atoms with E-state index in [1.165, 1.54) is 45.7 Å². The molecule has 6 fully saturated rings. The Labute approximate surface area is 136 Å². The highest BCUT2D eigenvalue weighted by molar-refractivity contribution is 5.06. The molecule has 22 heavy (non-hydrogen) atoms. The van der Waals surface area contributed by atoms with Crippen LogP contribution in [0.1, 0.15) is 47.5 Å². The van der Waals surface area contributed by atoms with Gasteiger partial charge in [0.25, 0.3) is 0 Å². The Kier molecular flexibility index (Phi) is 3.61. The van der Waals surface area contributed by atoms with Gasteiger partial charge in [-0.05, 0) is 47.5 Å². The Morgan fingerprint density at radius 3 is 1.73 bits per heavy atom. The summed E-state index contributed by atoms with van der Waals surface area (Å²) in [5.41, 5.74) is 0.351. The van der Waals surface area contributed by atoms with Gasteiger partial charge in [0.05, 0.1) is 6.67 Å². The van der Waals surface area contributed by atoms with E-state index in [0.29, 0.717) is 5.54 Å². The minimum Gasteiger partial charge on any atom is -0.292 e. The quantitative estimate of drug-likeness (QED) is 0.786. The summed E-state index contributed by atoms with van der Waals surface area (Å²) in [6.45, 7) is 18.2. The van der Waals surface area contributed by atoms with E-state index in [-0.39, 0.29) is 0 Å². The topological polar surface area (TPSA) is 13.0 Å². The Hall–Kier alpha value is -0.160. The lowest BCUT2D eigenvalue weighted by Crippen LogP contribution is -2.75. The third-order valence-corrected chi connectivity index (χ3v) is 6.37. The average molecular weight is 306 g/mol. The van der Waals surface area contributed by atoms with E-state index in [1.807, 2.05) is 0 Å². The van der Waals surface area contributed by atoms with Crippen LogP contribution in [0, 0.1) is 0 Å². The molecule has 4 heteroatoms. The van der Waals surface area contributed by atoms with E-state index >= 15 is 0 Å². The van der Waals surface area contributed by atoms with Crippen LogP contribution in [0.5, 0.6) is 0 Å². The lowest BCUT2D eigenvalue weighted by atomic mass is 9.82. The Balaban J connectivity index is 1.29. The molecule has 6 aliphatic rings. The van der Waals surface area contributed by atoms with Crippen LogP contribution < -0.4 is 0 Å². The molecule has 0 aromatic carbocycles. The van der Waals surface area contributed by atoms with Crippen molar-refractivity contribution < 1.29 is 0 Å². The molecule has 6 heterocycles. The standard InChI is InChI=1S/C18H34N4/c1-13(2)21-14-6-15(21)9-19(8-14)12-20-10-16-7-17(11-20)22(16)18(3,4)5/h13-17H,6-12H2,1-5H3. The lowest BCUT2D eigenvalue weighted by molar-refractivity contribution is -0.143. The first-order valence-corrected chi connectivity index (χ1v) is 9.33. The van der Waals surface area contributed by atoms with E-state index in [9.17, 15) is 0 Å².